The molecule has 94 valence electrons. The van der Waals surface area contributed by atoms with Crippen LogP contribution in [0.4, 0.5) is 11.4 Å². The van der Waals surface area contributed by atoms with E-state index >= 15 is 0 Å². The van der Waals surface area contributed by atoms with Gasteiger partial charge >= 0.3 is 0 Å². The number of rotatable bonds is 2. The Kier molecular flexibility index (Phi) is 3.32. The van der Waals surface area contributed by atoms with Gasteiger partial charge in [-0.05, 0) is 23.5 Å². The molecule has 1 aliphatic rings. The highest BCUT2D eigenvalue weighted by molar-refractivity contribution is 5.76. The minimum absolute atomic E-state index is 0.551. The SMILES string of the molecule is CC(C)c1cccc2c1N(C)CC(C(C)C)N2. The summed E-state index contributed by atoms with van der Waals surface area (Å²) in [4.78, 5) is 2.41. The first-order valence-electron chi connectivity index (χ1n) is 6.61. The van der Waals surface area contributed by atoms with Gasteiger partial charge in [0, 0.05) is 19.6 Å². The van der Waals surface area contributed by atoms with Crippen LogP contribution in [0, 0.1) is 5.92 Å². The van der Waals surface area contributed by atoms with Crippen LogP contribution in [0.5, 0.6) is 0 Å². The Hall–Kier alpha value is -1.18. The molecule has 1 aliphatic heterocycles. The van der Waals surface area contributed by atoms with E-state index in [4.69, 9.17) is 0 Å². The zero-order valence-electron chi connectivity index (χ0n) is 11.6. The van der Waals surface area contributed by atoms with Crippen LogP contribution in [0.2, 0.25) is 0 Å². The molecule has 1 aromatic carbocycles. The van der Waals surface area contributed by atoms with Crippen molar-refractivity contribution in [3.63, 3.8) is 0 Å². The van der Waals surface area contributed by atoms with E-state index < -0.39 is 0 Å². The zero-order valence-corrected chi connectivity index (χ0v) is 11.6. The third-order valence-electron chi connectivity index (χ3n) is 3.69. The first kappa shape index (κ1) is 12.3. The lowest BCUT2D eigenvalue weighted by Crippen LogP contribution is -2.42. The summed E-state index contributed by atoms with van der Waals surface area (Å²) >= 11 is 0. The number of para-hydroxylation sites is 1. The molecule has 0 radical (unpaired) electrons. The Labute approximate surface area is 105 Å². The van der Waals surface area contributed by atoms with Gasteiger partial charge < -0.3 is 10.2 Å². The van der Waals surface area contributed by atoms with Gasteiger partial charge in [0.1, 0.15) is 0 Å². The number of nitrogens with zero attached hydrogens (tertiary/aromatic N) is 1. The fourth-order valence-electron chi connectivity index (χ4n) is 2.58. The number of benzene rings is 1. The molecule has 0 fully saturated rings. The molecular formula is C15H24N2. The highest BCUT2D eigenvalue weighted by Gasteiger charge is 2.25. The summed E-state index contributed by atoms with van der Waals surface area (Å²) in [5.74, 6) is 1.23. The summed E-state index contributed by atoms with van der Waals surface area (Å²) in [5, 5.41) is 3.68. The predicted octanol–water partition coefficient (Wildman–Crippen LogP) is 3.70. The van der Waals surface area contributed by atoms with Crippen molar-refractivity contribution in [2.24, 2.45) is 5.92 Å². The predicted molar refractivity (Wildman–Crippen MR) is 76.0 cm³/mol. The third-order valence-corrected chi connectivity index (χ3v) is 3.69. The Morgan fingerprint density at radius 1 is 1.24 bits per heavy atom. The molecule has 0 saturated heterocycles. The van der Waals surface area contributed by atoms with Gasteiger partial charge in [-0.1, -0.05) is 39.8 Å². The van der Waals surface area contributed by atoms with E-state index in [1.807, 2.05) is 0 Å². The van der Waals surface area contributed by atoms with Gasteiger partial charge in [-0.2, -0.15) is 0 Å². The number of hydrogen-bond acceptors (Lipinski definition) is 2. The van der Waals surface area contributed by atoms with E-state index in [0.29, 0.717) is 17.9 Å². The minimum atomic E-state index is 0.551. The lowest BCUT2D eigenvalue weighted by Gasteiger charge is -2.38. The normalized spacial score (nSPS) is 19.5. The molecule has 2 rings (SSSR count). The third kappa shape index (κ3) is 2.26. The molecule has 1 aromatic rings. The van der Waals surface area contributed by atoms with Gasteiger partial charge in [-0.15, -0.1) is 0 Å². The van der Waals surface area contributed by atoms with E-state index in [1.165, 1.54) is 16.9 Å². The van der Waals surface area contributed by atoms with Crippen molar-refractivity contribution in [3.8, 4) is 0 Å². The van der Waals surface area contributed by atoms with E-state index in [-0.39, 0.29) is 0 Å². The van der Waals surface area contributed by atoms with Gasteiger partial charge in [0.05, 0.1) is 11.4 Å². The summed E-state index contributed by atoms with van der Waals surface area (Å²) in [6.07, 6.45) is 0. The van der Waals surface area contributed by atoms with Crippen molar-refractivity contribution in [2.75, 3.05) is 23.8 Å². The summed E-state index contributed by atoms with van der Waals surface area (Å²) in [7, 11) is 2.21. The van der Waals surface area contributed by atoms with Crippen molar-refractivity contribution in [3.05, 3.63) is 23.8 Å². The van der Waals surface area contributed by atoms with Crippen LogP contribution in [0.3, 0.4) is 0 Å². The molecular weight excluding hydrogens is 208 g/mol. The van der Waals surface area contributed by atoms with Crippen molar-refractivity contribution < 1.29 is 0 Å². The van der Waals surface area contributed by atoms with Crippen LogP contribution in [-0.4, -0.2) is 19.6 Å². The molecule has 1 atom stereocenters. The number of likely N-dealkylation sites (N-methyl/N-ethyl adjacent to an activating group) is 1. The molecule has 0 bridgehead atoms. The molecule has 0 amide bonds. The zero-order chi connectivity index (χ0) is 12.6. The Morgan fingerprint density at radius 2 is 1.94 bits per heavy atom. The fraction of sp³-hybridized carbons (Fsp3) is 0.600. The molecule has 17 heavy (non-hydrogen) atoms. The van der Waals surface area contributed by atoms with Crippen molar-refractivity contribution in [2.45, 2.75) is 39.7 Å². The molecule has 0 aromatic heterocycles. The summed E-state index contributed by atoms with van der Waals surface area (Å²) in [6, 6.07) is 7.16. The van der Waals surface area contributed by atoms with E-state index in [2.05, 4.69) is 63.2 Å². The molecule has 1 heterocycles. The highest BCUT2D eigenvalue weighted by Crippen LogP contribution is 2.37. The molecule has 0 aliphatic carbocycles. The molecule has 2 nitrogen and oxygen atoms in total. The topological polar surface area (TPSA) is 15.3 Å². The number of fused-ring (bicyclic) bond motifs is 1. The first-order valence-corrected chi connectivity index (χ1v) is 6.61. The average molecular weight is 232 g/mol. The number of nitrogens with one attached hydrogen (secondary N) is 1. The van der Waals surface area contributed by atoms with Crippen LogP contribution in [-0.2, 0) is 0 Å². The maximum absolute atomic E-state index is 3.68. The Balaban J connectivity index is 2.41. The first-order chi connectivity index (χ1) is 8.00. The van der Waals surface area contributed by atoms with Crippen LogP contribution in [0.25, 0.3) is 0 Å². The van der Waals surface area contributed by atoms with E-state index in [9.17, 15) is 0 Å². The van der Waals surface area contributed by atoms with Crippen molar-refractivity contribution in [1.82, 2.24) is 0 Å². The molecule has 1 unspecified atom stereocenters. The minimum Gasteiger partial charge on any atom is -0.379 e. The smallest absolute Gasteiger partial charge is 0.0635 e. The second kappa shape index (κ2) is 4.59. The average Bonchev–Trinajstić information content (AvgIpc) is 2.27. The van der Waals surface area contributed by atoms with Crippen LogP contribution < -0.4 is 10.2 Å². The standard InChI is InChI=1S/C15H24N2/c1-10(2)12-7-6-8-13-15(12)17(5)9-14(16-13)11(3)4/h6-8,10-11,14,16H,9H2,1-5H3. The van der Waals surface area contributed by atoms with E-state index in [0.717, 1.165) is 6.54 Å². The van der Waals surface area contributed by atoms with Gasteiger partial charge in [0.15, 0.2) is 0 Å². The molecule has 0 saturated carbocycles. The summed E-state index contributed by atoms with van der Waals surface area (Å²) < 4.78 is 0. The van der Waals surface area contributed by atoms with E-state index in [1.54, 1.807) is 0 Å². The number of hydrogen-bond donors (Lipinski definition) is 1. The molecule has 2 heteroatoms. The lowest BCUT2D eigenvalue weighted by molar-refractivity contribution is 0.513. The Morgan fingerprint density at radius 3 is 2.53 bits per heavy atom. The molecule has 1 N–H and O–H groups in total. The van der Waals surface area contributed by atoms with Gasteiger partial charge in [-0.25, -0.2) is 0 Å². The second-order valence-electron chi connectivity index (χ2n) is 5.77. The molecule has 0 spiro atoms. The van der Waals surface area contributed by atoms with Gasteiger partial charge in [0.2, 0.25) is 0 Å². The van der Waals surface area contributed by atoms with Crippen molar-refractivity contribution in [1.29, 1.82) is 0 Å². The summed E-state index contributed by atoms with van der Waals surface area (Å²) in [5.41, 5.74) is 4.13. The summed E-state index contributed by atoms with van der Waals surface area (Å²) in [6.45, 7) is 10.2. The lowest BCUT2D eigenvalue weighted by atomic mass is 9.94. The van der Waals surface area contributed by atoms with Crippen molar-refractivity contribution >= 4 is 11.4 Å². The highest BCUT2D eigenvalue weighted by atomic mass is 15.2. The largest absolute Gasteiger partial charge is 0.379 e. The Bertz CT molecular complexity index is 396. The maximum atomic E-state index is 3.68. The quantitative estimate of drug-likeness (QED) is 0.836. The van der Waals surface area contributed by atoms with Crippen LogP contribution in [0.1, 0.15) is 39.2 Å². The van der Waals surface area contributed by atoms with Crippen LogP contribution >= 0.6 is 0 Å². The van der Waals surface area contributed by atoms with Gasteiger partial charge in [0.25, 0.3) is 0 Å². The second-order valence-corrected chi connectivity index (χ2v) is 5.77. The number of anilines is 2. The monoisotopic (exact) mass is 232 g/mol. The van der Waals surface area contributed by atoms with Gasteiger partial charge in [-0.3, -0.25) is 0 Å². The van der Waals surface area contributed by atoms with Crippen LogP contribution in [0.15, 0.2) is 18.2 Å². The maximum Gasteiger partial charge on any atom is 0.0635 e. The fourth-order valence-corrected chi connectivity index (χ4v) is 2.58.